The Morgan fingerprint density at radius 2 is 1.79 bits per heavy atom. The summed E-state index contributed by atoms with van der Waals surface area (Å²) >= 11 is 0. The number of likely N-dealkylation sites (N-methyl/N-ethyl adjacent to an activating group) is 1. The van der Waals surface area contributed by atoms with Gasteiger partial charge >= 0.3 is 6.18 Å². The first-order valence-electron chi connectivity index (χ1n) is 9.64. The van der Waals surface area contributed by atoms with Crippen molar-refractivity contribution in [3.05, 3.63) is 17.2 Å². The smallest absolute Gasteiger partial charge is 0.357 e. The average Bonchev–Trinajstić information content (AvgIpc) is 2.83. The number of aromatic nitrogens is 2. The molecule has 2 amide bonds. The molecular formula is C19H30F3N5O2. The summed E-state index contributed by atoms with van der Waals surface area (Å²) in [6.45, 7) is 7.80. The van der Waals surface area contributed by atoms with Crippen molar-refractivity contribution in [2.45, 2.75) is 65.3 Å². The lowest BCUT2D eigenvalue weighted by Gasteiger charge is -2.29. The van der Waals surface area contributed by atoms with Gasteiger partial charge in [0.15, 0.2) is 5.69 Å². The SMILES string of the molecule is CNC(=O)[C@@H](NC(=O)c1nc(C(C)C(F)(F)F)n2c1CN(C)CCC2)C(C)(C)C. The van der Waals surface area contributed by atoms with Gasteiger partial charge in [-0.1, -0.05) is 20.8 Å². The molecule has 0 saturated heterocycles. The highest BCUT2D eigenvalue weighted by molar-refractivity contribution is 5.97. The monoisotopic (exact) mass is 417 g/mol. The second-order valence-electron chi connectivity index (χ2n) is 8.66. The molecule has 0 saturated carbocycles. The molecule has 0 radical (unpaired) electrons. The number of alkyl halides is 3. The van der Waals surface area contributed by atoms with Crippen LogP contribution in [0, 0.1) is 5.41 Å². The number of carbonyl (C=O) groups excluding carboxylic acids is 2. The molecule has 10 heteroatoms. The number of amides is 2. The minimum atomic E-state index is -4.47. The molecule has 0 fully saturated rings. The van der Waals surface area contributed by atoms with Crippen LogP contribution in [0.15, 0.2) is 0 Å². The zero-order valence-electron chi connectivity index (χ0n) is 17.8. The Bertz CT molecular complexity index is 767. The molecule has 1 aromatic heterocycles. The highest BCUT2D eigenvalue weighted by atomic mass is 19.4. The van der Waals surface area contributed by atoms with Crippen molar-refractivity contribution in [3.8, 4) is 0 Å². The Kier molecular flexibility index (Phi) is 6.66. The maximum absolute atomic E-state index is 13.4. The molecule has 1 aliphatic rings. The summed E-state index contributed by atoms with van der Waals surface area (Å²) in [5.74, 6) is -2.99. The first-order chi connectivity index (χ1) is 13.3. The zero-order chi connectivity index (χ0) is 22.1. The summed E-state index contributed by atoms with van der Waals surface area (Å²) < 4.78 is 41.7. The lowest BCUT2D eigenvalue weighted by atomic mass is 9.86. The van der Waals surface area contributed by atoms with Crippen LogP contribution >= 0.6 is 0 Å². The number of hydrogen-bond acceptors (Lipinski definition) is 4. The molecule has 2 atom stereocenters. The molecule has 0 aliphatic carbocycles. The van der Waals surface area contributed by atoms with E-state index in [0.29, 0.717) is 31.7 Å². The molecule has 2 heterocycles. The fourth-order valence-electron chi connectivity index (χ4n) is 3.43. The van der Waals surface area contributed by atoms with Crippen LogP contribution in [0.25, 0.3) is 0 Å². The third-order valence-corrected chi connectivity index (χ3v) is 5.19. The van der Waals surface area contributed by atoms with Gasteiger partial charge in [-0.2, -0.15) is 13.2 Å². The fraction of sp³-hybridized carbons (Fsp3) is 0.737. The number of imidazole rings is 1. The largest absolute Gasteiger partial charge is 0.398 e. The van der Waals surface area contributed by atoms with Gasteiger partial charge in [-0.3, -0.25) is 9.59 Å². The maximum atomic E-state index is 13.4. The number of nitrogens with one attached hydrogen (secondary N) is 2. The molecule has 2 rings (SSSR count). The van der Waals surface area contributed by atoms with E-state index in [0.717, 1.165) is 6.92 Å². The summed E-state index contributed by atoms with van der Waals surface area (Å²) in [6, 6.07) is -0.857. The number of fused-ring (bicyclic) bond motifs is 1. The highest BCUT2D eigenvalue weighted by Gasteiger charge is 2.42. The van der Waals surface area contributed by atoms with E-state index in [-0.39, 0.29) is 17.4 Å². The summed E-state index contributed by atoms with van der Waals surface area (Å²) in [4.78, 5) is 31.4. The summed E-state index contributed by atoms with van der Waals surface area (Å²) in [5.41, 5.74) is -0.202. The van der Waals surface area contributed by atoms with E-state index in [1.807, 2.05) is 11.9 Å². The number of halogens is 3. The van der Waals surface area contributed by atoms with E-state index in [2.05, 4.69) is 15.6 Å². The minimum Gasteiger partial charge on any atom is -0.357 e. The van der Waals surface area contributed by atoms with Crippen LogP contribution < -0.4 is 10.6 Å². The normalized spacial score (nSPS) is 17.8. The molecule has 1 aromatic rings. The third kappa shape index (κ3) is 5.09. The van der Waals surface area contributed by atoms with Gasteiger partial charge in [0.05, 0.1) is 5.69 Å². The Morgan fingerprint density at radius 3 is 2.31 bits per heavy atom. The molecule has 0 bridgehead atoms. The molecule has 29 heavy (non-hydrogen) atoms. The van der Waals surface area contributed by atoms with Gasteiger partial charge < -0.3 is 20.1 Å². The van der Waals surface area contributed by atoms with Gasteiger partial charge in [0.25, 0.3) is 5.91 Å². The average molecular weight is 417 g/mol. The van der Waals surface area contributed by atoms with Gasteiger partial charge in [0.2, 0.25) is 5.91 Å². The van der Waals surface area contributed by atoms with Crippen molar-refractivity contribution in [1.82, 2.24) is 25.1 Å². The van der Waals surface area contributed by atoms with Crippen LogP contribution in [-0.4, -0.2) is 59.1 Å². The van der Waals surface area contributed by atoms with Crippen LogP contribution in [0.3, 0.4) is 0 Å². The highest BCUT2D eigenvalue weighted by Crippen LogP contribution is 2.35. The second kappa shape index (κ2) is 8.33. The van der Waals surface area contributed by atoms with Crippen molar-refractivity contribution >= 4 is 11.8 Å². The first-order valence-corrected chi connectivity index (χ1v) is 9.64. The van der Waals surface area contributed by atoms with Crippen molar-refractivity contribution in [1.29, 1.82) is 0 Å². The lowest BCUT2D eigenvalue weighted by Crippen LogP contribution is -2.53. The van der Waals surface area contributed by atoms with Crippen LogP contribution in [0.5, 0.6) is 0 Å². The molecular weight excluding hydrogens is 387 g/mol. The number of hydrogen-bond donors (Lipinski definition) is 2. The van der Waals surface area contributed by atoms with E-state index in [1.165, 1.54) is 11.6 Å². The van der Waals surface area contributed by atoms with E-state index >= 15 is 0 Å². The van der Waals surface area contributed by atoms with Gasteiger partial charge in [-0.25, -0.2) is 4.98 Å². The van der Waals surface area contributed by atoms with Gasteiger partial charge in [-0.05, 0) is 32.4 Å². The molecule has 0 spiro atoms. The van der Waals surface area contributed by atoms with Crippen LogP contribution in [0.1, 0.15) is 62.0 Å². The van der Waals surface area contributed by atoms with E-state index in [1.54, 1.807) is 20.8 Å². The fourth-order valence-corrected chi connectivity index (χ4v) is 3.43. The van der Waals surface area contributed by atoms with Crippen molar-refractivity contribution < 1.29 is 22.8 Å². The topological polar surface area (TPSA) is 79.3 Å². The lowest BCUT2D eigenvalue weighted by molar-refractivity contribution is -0.148. The van der Waals surface area contributed by atoms with E-state index in [4.69, 9.17) is 0 Å². The maximum Gasteiger partial charge on any atom is 0.398 e. The Balaban J connectivity index is 2.50. The number of rotatable bonds is 4. The van der Waals surface area contributed by atoms with Crippen molar-refractivity contribution in [3.63, 3.8) is 0 Å². The zero-order valence-corrected chi connectivity index (χ0v) is 17.8. The van der Waals surface area contributed by atoms with E-state index < -0.39 is 29.5 Å². The molecule has 1 aliphatic heterocycles. The summed E-state index contributed by atoms with van der Waals surface area (Å²) in [5, 5.41) is 5.19. The summed E-state index contributed by atoms with van der Waals surface area (Å²) in [7, 11) is 3.31. The first kappa shape index (κ1) is 23.2. The number of carbonyl (C=O) groups is 2. The van der Waals surface area contributed by atoms with Crippen LogP contribution in [-0.2, 0) is 17.9 Å². The van der Waals surface area contributed by atoms with Crippen molar-refractivity contribution in [2.24, 2.45) is 5.41 Å². The number of nitrogens with zero attached hydrogens (tertiary/aromatic N) is 3. The Morgan fingerprint density at radius 1 is 1.17 bits per heavy atom. The van der Waals surface area contributed by atoms with Crippen LogP contribution in [0.4, 0.5) is 13.2 Å². The van der Waals surface area contributed by atoms with E-state index in [9.17, 15) is 22.8 Å². The Hall–Kier alpha value is -2.10. The predicted molar refractivity (Wildman–Crippen MR) is 102 cm³/mol. The van der Waals surface area contributed by atoms with Crippen molar-refractivity contribution in [2.75, 3.05) is 20.6 Å². The predicted octanol–water partition coefficient (Wildman–Crippen LogP) is 2.27. The molecule has 1 unspecified atom stereocenters. The Labute approximate surface area is 169 Å². The standard InChI is InChI=1S/C19H30F3N5O2/c1-11(19(20,21)22)15-24-13(12-10-26(6)8-7-9-27(12)15)16(28)25-14(17(29)23-5)18(2,3)4/h11,14H,7-10H2,1-6H3,(H,23,29)(H,25,28)/t11?,14-/m1/s1. The van der Waals surface area contributed by atoms with Gasteiger partial charge in [0.1, 0.15) is 17.8 Å². The third-order valence-electron chi connectivity index (χ3n) is 5.19. The molecule has 7 nitrogen and oxygen atoms in total. The summed E-state index contributed by atoms with van der Waals surface area (Å²) in [6.07, 6.45) is -3.81. The molecule has 0 aromatic carbocycles. The van der Waals surface area contributed by atoms with Gasteiger partial charge in [-0.15, -0.1) is 0 Å². The minimum absolute atomic E-state index is 0.0528. The second-order valence-corrected chi connectivity index (χ2v) is 8.66. The molecule has 2 N–H and O–H groups in total. The quantitative estimate of drug-likeness (QED) is 0.788. The van der Waals surface area contributed by atoms with Gasteiger partial charge in [0, 0.05) is 20.1 Å². The molecule has 164 valence electrons. The van der Waals surface area contributed by atoms with Crippen LogP contribution in [0.2, 0.25) is 0 Å².